The molecule has 15 heteroatoms. The van der Waals surface area contributed by atoms with E-state index in [1.165, 1.54) is 0 Å². The van der Waals surface area contributed by atoms with Gasteiger partial charge in [-0.1, -0.05) is 6.07 Å². The minimum absolute atomic E-state index is 0.0177. The number of nitrogens with one attached hydrogen (secondary N) is 3. The highest BCUT2D eigenvalue weighted by Crippen LogP contribution is 2.31. The number of ether oxygens (including phenoxy) is 1. The molecule has 0 bridgehead atoms. The Kier molecular flexibility index (Phi) is 14.3. The van der Waals surface area contributed by atoms with Gasteiger partial charge in [-0.15, -0.1) is 10.1 Å². The molecule has 37 heavy (non-hydrogen) atoms. The number of aliphatic carboxylic acids is 2. The van der Waals surface area contributed by atoms with E-state index in [0.717, 1.165) is 11.3 Å². The van der Waals surface area contributed by atoms with E-state index < -0.39 is 23.1 Å². The van der Waals surface area contributed by atoms with Crippen LogP contribution in [-0.2, 0) is 30.4 Å². The number of carboxylic acid groups (broad SMARTS) is 2. The summed E-state index contributed by atoms with van der Waals surface area (Å²) < 4.78 is 5.70. The number of nitrogens with zero attached hydrogens (tertiary/aromatic N) is 1. The van der Waals surface area contributed by atoms with Gasteiger partial charge in [-0.25, -0.2) is 9.59 Å². The van der Waals surface area contributed by atoms with Crippen LogP contribution in [0, 0.1) is 10.1 Å². The van der Waals surface area contributed by atoms with Crippen LogP contribution in [0.1, 0.15) is 24.8 Å². The molecule has 0 aliphatic carbocycles. The second kappa shape index (κ2) is 17.2. The molecule has 0 radical (unpaired) electrons. The number of benzene rings is 1. The highest BCUT2D eigenvalue weighted by Gasteiger charge is 2.18. The summed E-state index contributed by atoms with van der Waals surface area (Å²) in [6, 6.07) is 5.42. The lowest BCUT2D eigenvalue weighted by Gasteiger charge is -2.21. The van der Waals surface area contributed by atoms with Crippen molar-refractivity contribution in [3.8, 4) is 5.75 Å². The van der Waals surface area contributed by atoms with Crippen LogP contribution in [0.3, 0.4) is 0 Å². The average molecular weight is 526 g/mol. The third kappa shape index (κ3) is 14.7. The lowest BCUT2D eigenvalue weighted by molar-refractivity contribution is -0.757. The minimum Gasteiger partial charge on any atom is -0.490 e. The Morgan fingerprint density at radius 1 is 1.16 bits per heavy atom. The van der Waals surface area contributed by atoms with Gasteiger partial charge in [-0.2, -0.15) is 0 Å². The molecule has 2 rings (SSSR count). The van der Waals surface area contributed by atoms with Crippen molar-refractivity contribution in [1.29, 1.82) is 0 Å². The molecule has 6 N–H and O–H groups in total. The summed E-state index contributed by atoms with van der Waals surface area (Å²) in [5, 5.41) is 43.2. The van der Waals surface area contributed by atoms with Crippen molar-refractivity contribution < 1.29 is 49.2 Å². The lowest BCUT2D eigenvalue weighted by Crippen LogP contribution is -2.37. The summed E-state index contributed by atoms with van der Waals surface area (Å²) in [5.41, 5.74) is 1.67. The first-order chi connectivity index (χ1) is 17.6. The van der Waals surface area contributed by atoms with Crippen LogP contribution in [0.2, 0.25) is 0 Å². The normalized spacial score (nSPS) is 12.8. The van der Waals surface area contributed by atoms with Crippen LogP contribution in [0.25, 0.3) is 0 Å². The second-order valence-electron chi connectivity index (χ2n) is 7.52. The van der Waals surface area contributed by atoms with Crippen molar-refractivity contribution in [2.45, 2.75) is 31.8 Å². The smallest absolute Gasteiger partial charge is 0.328 e. The zero-order valence-electron chi connectivity index (χ0n) is 19.9. The molecule has 0 saturated heterocycles. The fourth-order valence-electron chi connectivity index (χ4n) is 2.93. The minimum atomic E-state index is -1.26. The maximum absolute atomic E-state index is 11.5. The van der Waals surface area contributed by atoms with Crippen LogP contribution in [0.15, 0.2) is 30.4 Å². The molecule has 0 aromatic heterocycles. The van der Waals surface area contributed by atoms with Gasteiger partial charge in [0.05, 0.1) is 6.61 Å². The van der Waals surface area contributed by atoms with Gasteiger partial charge < -0.3 is 40.8 Å². The molecule has 1 heterocycles. The Bertz CT molecular complexity index is 952. The van der Waals surface area contributed by atoms with Gasteiger partial charge in [0.1, 0.15) is 18.5 Å². The first kappa shape index (κ1) is 30.8. The number of aliphatic hydroxyl groups is 1. The summed E-state index contributed by atoms with van der Waals surface area (Å²) in [4.78, 5) is 56.2. The predicted molar refractivity (Wildman–Crippen MR) is 127 cm³/mol. The third-order valence-electron chi connectivity index (χ3n) is 4.56. The summed E-state index contributed by atoms with van der Waals surface area (Å²) in [7, 11) is 0. The monoisotopic (exact) mass is 526 g/mol. The number of fused-ring (bicyclic) bond motifs is 1. The van der Waals surface area contributed by atoms with E-state index in [4.69, 9.17) is 14.9 Å². The average Bonchev–Trinajstić information content (AvgIpc) is 2.84. The van der Waals surface area contributed by atoms with Crippen LogP contribution in [0.5, 0.6) is 5.75 Å². The molecule has 15 nitrogen and oxygen atoms in total. The predicted octanol–water partition coefficient (Wildman–Crippen LogP) is -0.283. The van der Waals surface area contributed by atoms with Gasteiger partial charge in [0.25, 0.3) is 5.09 Å². The number of anilines is 1. The van der Waals surface area contributed by atoms with Crippen molar-refractivity contribution >= 4 is 29.4 Å². The second-order valence-corrected chi connectivity index (χ2v) is 7.52. The van der Waals surface area contributed by atoms with Crippen LogP contribution >= 0.6 is 0 Å². The number of carbonyl (C=O) groups is 4. The molecule has 0 saturated carbocycles. The first-order valence-electron chi connectivity index (χ1n) is 11.2. The number of amides is 2. The van der Waals surface area contributed by atoms with E-state index in [1.54, 1.807) is 6.07 Å². The number of aliphatic hydroxyl groups excluding tert-OH is 1. The van der Waals surface area contributed by atoms with Gasteiger partial charge in [0.2, 0.25) is 11.8 Å². The summed E-state index contributed by atoms with van der Waals surface area (Å²) in [5.74, 6) is -2.10. The quantitative estimate of drug-likeness (QED) is 0.0750. The van der Waals surface area contributed by atoms with Crippen molar-refractivity contribution in [2.24, 2.45) is 0 Å². The SMILES string of the molecule is O=C(CCCO[N+](=O)[O-])NCCNCC(O)COc1cccc2c1CCC(=O)N2.O=C(O)/C=C/C(=O)O. The van der Waals surface area contributed by atoms with Gasteiger partial charge in [-0.05, 0) is 25.0 Å². The Morgan fingerprint density at radius 2 is 1.86 bits per heavy atom. The van der Waals surface area contributed by atoms with Crippen LogP contribution < -0.4 is 20.7 Å². The molecule has 1 aromatic carbocycles. The van der Waals surface area contributed by atoms with Crippen LogP contribution in [-0.4, -0.2) is 83.1 Å². The Hall–Kier alpha value is -4.24. The van der Waals surface area contributed by atoms with Crippen molar-refractivity contribution in [2.75, 3.05) is 38.2 Å². The van der Waals surface area contributed by atoms with Gasteiger partial charge in [-0.3, -0.25) is 9.59 Å². The van der Waals surface area contributed by atoms with Gasteiger partial charge in [0.15, 0.2) is 0 Å². The Labute approximate surface area is 211 Å². The third-order valence-corrected chi connectivity index (χ3v) is 4.56. The van der Waals surface area contributed by atoms with E-state index >= 15 is 0 Å². The molecule has 1 aromatic rings. The zero-order valence-corrected chi connectivity index (χ0v) is 19.9. The van der Waals surface area contributed by atoms with E-state index in [2.05, 4.69) is 20.8 Å². The number of hydrogen-bond donors (Lipinski definition) is 6. The molecular weight excluding hydrogens is 496 g/mol. The molecule has 1 aliphatic heterocycles. The van der Waals surface area contributed by atoms with Gasteiger partial charge >= 0.3 is 11.9 Å². The van der Waals surface area contributed by atoms with E-state index in [0.29, 0.717) is 43.8 Å². The Balaban J connectivity index is 0.000000738. The topological polar surface area (TPSA) is 227 Å². The highest BCUT2D eigenvalue weighted by atomic mass is 16.9. The number of hydrogen-bond acceptors (Lipinski definition) is 10. The lowest BCUT2D eigenvalue weighted by atomic mass is 10.0. The van der Waals surface area contributed by atoms with Crippen molar-refractivity contribution in [3.63, 3.8) is 0 Å². The summed E-state index contributed by atoms with van der Waals surface area (Å²) in [6.45, 7) is 1.11. The molecule has 2 amide bonds. The molecule has 1 aliphatic rings. The van der Waals surface area contributed by atoms with E-state index in [9.17, 15) is 34.4 Å². The van der Waals surface area contributed by atoms with Crippen molar-refractivity contribution in [1.82, 2.24) is 10.6 Å². The Morgan fingerprint density at radius 3 is 2.51 bits per heavy atom. The fraction of sp³-hybridized carbons (Fsp3) is 0.455. The molecular formula is C22H30N4O11. The number of rotatable bonds is 15. The number of carbonyl (C=O) groups excluding carboxylic acids is 2. The van der Waals surface area contributed by atoms with E-state index in [-0.39, 0.29) is 44.4 Å². The highest BCUT2D eigenvalue weighted by molar-refractivity contribution is 5.94. The first-order valence-corrected chi connectivity index (χ1v) is 11.2. The largest absolute Gasteiger partial charge is 0.490 e. The van der Waals surface area contributed by atoms with Gasteiger partial charge in [0, 0.05) is 55.9 Å². The van der Waals surface area contributed by atoms with E-state index in [1.807, 2.05) is 12.1 Å². The zero-order chi connectivity index (χ0) is 27.6. The molecule has 1 unspecified atom stereocenters. The van der Waals surface area contributed by atoms with Crippen molar-refractivity contribution in [3.05, 3.63) is 46.0 Å². The molecule has 204 valence electrons. The molecule has 0 spiro atoms. The van der Waals surface area contributed by atoms with Crippen LogP contribution in [0.4, 0.5) is 5.69 Å². The maximum atomic E-state index is 11.5. The summed E-state index contributed by atoms with van der Waals surface area (Å²) >= 11 is 0. The molecule has 1 atom stereocenters. The standard InChI is InChI=1S/C18H26N4O7.C4H4O4/c23-13(11-19-8-9-20-17(24)5-2-10-29-22(26)27)12-28-16-4-1-3-15-14(16)6-7-18(25)21-15;5-3(6)1-2-4(7)8/h1,3-4,13,19,23H,2,5-12H2,(H,20,24)(H,21,25);1-2H,(H,5,6)(H,7,8)/b;2-1+. The fourth-order valence-corrected chi connectivity index (χ4v) is 2.93. The summed E-state index contributed by atoms with van der Waals surface area (Å²) in [6.07, 6.45) is 1.80. The maximum Gasteiger partial charge on any atom is 0.328 e. The molecule has 0 fully saturated rings. The number of carboxylic acids is 2.